The molecule has 2 fully saturated rings. The Labute approximate surface area is 78.0 Å². The molecule has 0 aromatic rings. The van der Waals surface area contributed by atoms with Crippen molar-refractivity contribution >= 4 is 0 Å². The zero-order valence-corrected chi connectivity index (χ0v) is 7.79. The lowest BCUT2D eigenvalue weighted by atomic mass is 9.76. The van der Waals surface area contributed by atoms with Gasteiger partial charge in [-0.25, -0.2) is 0 Å². The predicted molar refractivity (Wildman–Crippen MR) is 47.4 cm³/mol. The maximum Gasteiger partial charge on any atom is 0.108 e. The van der Waals surface area contributed by atoms with Crippen LogP contribution < -0.4 is 5.73 Å². The van der Waals surface area contributed by atoms with Gasteiger partial charge in [0.2, 0.25) is 0 Å². The van der Waals surface area contributed by atoms with E-state index < -0.39 is 11.1 Å². The number of hydrogen-bond donors (Lipinski definition) is 2. The fraction of sp³-hybridized carbons (Fsp3) is 1.00. The van der Waals surface area contributed by atoms with Gasteiger partial charge in [0.1, 0.15) is 5.60 Å². The first-order valence-electron chi connectivity index (χ1n) is 4.83. The quantitative estimate of drug-likeness (QED) is 0.588. The van der Waals surface area contributed by atoms with Gasteiger partial charge in [-0.15, -0.1) is 0 Å². The molecule has 0 aromatic carbocycles. The molecule has 0 aliphatic carbocycles. The molecular formula is C9H17NO3. The van der Waals surface area contributed by atoms with Gasteiger partial charge in [0, 0.05) is 13.2 Å². The molecule has 3 N–H and O–H groups in total. The van der Waals surface area contributed by atoms with Crippen LogP contribution in [0.3, 0.4) is 0 Å². The lowest BCUT2D eigenvalue weighted by Crippen LogP contribution is -2.64. The first kappa shape index (κ1) is 9.40. The number of nitrogens with two attached hydrogens (primary N) is 1. The van der Waals surface area contributed by atoms with Crippen LogP contribution in [0.2, 0.25) is 0 Å². The number of aliphatic hydroxyl groups is 1. The molecule has 0 bridgehead atoms. The molecule has 2 heterocycles. The number of ether oxygens (including phenoxy) is 2. The maximum atomic E-state index is 10.3. The lowest BCUT2D eigenvalue weighted by molar-refractivity contribution is -0.129. The van der Waals surface area contributed by atoms with Crippen molar-refractivity contribution in [3.8, 4) is 0 Å². The Bertz CT molecular complexity index is 183. The highest BCUT2D eigenvalue weighted by atomic mass is 16.5. The first-order valence-corrected chi connectivity index (χ1v) is 4.83. The molecule has 2 unspecified atom stereocenters. The lowest BCUT2D eigenvalue weighted by Gasteiger charge is -2.43. The van der Waals surface area contributed by atoms with Gasteiger partial charge in [-0.05, 0) is 19.3 Å². The van der Waals surface area contributed by atoms with Gasteiger partial charge >= 0.3 is 0 Å². The van der Waals surface area contributed by atoms with E-state index in [2.05, 4.69) is 0 Å². The van der Waals surface area contributed by atoms with Crippen molar-refractivity contribution in [2.24, 2.45) is 5.73 Å². The van der Waals surface area contributed by atoms with Crippen molar-refractivity contribution in [1.82, 2.24) is 0 Å². The fourth-order valence-corrected chi connectivity index (χ4v) is 2.12. The molecule has 2 atom stereocenters. The molecule has 76 valence electrons. The van der Waals surface area contributed by atoms with E-state index in [9.17, 15) is 5.11 Å². The summed E-state index contributed by atoms with van der Waals surface area (Å²) in [6.45, 7) is 2.19. The van der Waals surface area contributed by atoms with Crippen LogP contribution in [0.4, 0.5) is 0 Å². The van der Waals surface area contributed by atoms with Crippen molar-refractivity contribution in [2.75, 3.05) is 26.4 Å². The maximum absolute atomic E-state index is 10.3. The number of hydrogen-bond acceptors (Lipinski definition) is 4. The second kappa shape index (κ2) is 3.20. The van der Waals surface area contributed by atoms with E-state index in [0.29, 0.717) is 19.8 Å². The van der Waals surface area contributed by atoms with E-state index in [-0.39, 0.29) is 0 Å². The monoisotopic (exact) mass is 187 g/mol. The molecule has 2 aliphatic rings. The second-order valence-corrected chi connectivity index (χ2v) is 4.15. The average Bonchev–Trinajstić information content (AvgIpc) is 2.55. The van der Waals surface area contributed by atoms with E-state index in [4.69, 9.17) is 15.2 Å². The van der Waals surface area contributed by atoms with Gasteiger partial charge < -0.3 is 20.3 Å². The van der Waals surface area contributed by atoms with E-state index in [1.807, 2.05) is 0 Å². The van der Waals surface area contributed by atoms with Crippen LogP contribution in [0, 0.1) is 0 Å². The van der Waals surface area contributed by atoms with Crippen LogP contribution in [-0.2, 0) is 9.47 Å². The minimum atomic E-state index is -0.873. The predicted octanol–water partition coefficient (Wildman–Crippen LogP) is -0.354. The second-order valence-electron chi connectivity index (χ2n) is 4.15. The van der Waals surface area contributed by atoms with Crippen molar-refractivity contribution in [3.05, 3.63) is 0 Å². The Morgan fingerprint density at radius 2 is 1.85 bits per heavy atom. The largest absolute Gasteiger partial charge is 0.385 e. The van der Waals surface area contributed by atoms with Crippen LogP contribution in [-0.4, -0.2) is 42.7 Å². The molecule has 0 radical (unpaired) electrons. The summed E-state index contributed by atoms with van der Waals surface area (Å²) in [5, 5.41) is 10.3. The summed E-state index contributed by atoms with van der Waals surface area (Å²) in [6, 6.07) is 0. The highest BCUT2D eigenvalue weighted by molar-refractivity contribution is 5.06. The molecule has 0 aromatic heterocycles. The molecule has 0 spiro atoms. The summed E-state index contributed by atoms with van der Waals surface area (Å²) in [4.78, 5) is 0. The standard InChI is InChI=1S/C9H17NO3/c10-8(3-5-13-6-8)9(11)2-1-4-12-7-9/h11H,1-7,10H2. The fourth-order valence-electron chi connectivity index (χ4n) is 2.12. The Hall–Kier alpha value is -0.160. The third-order valence-corrected chi connectivity index (χ3v) is 3.20. The molecule has 2 aliphatic heterocycles. The van der Waals surface area contributed by atoms with E-state index in [1.54, 1.807) is 0 Å². The Kier molecular flexibility index (Phi) is 2.32. The topological polar surface area (TPSA) is 64.7 Å². The Morgan fingerprint density at radius 3 is 2.38 bits per heavy atom. The van der Waals surface area contributed by atoms with Crippen LogP contribution in [0.15, 0.2) is 0 Å². The van der Waals surface area contributed by atoms with E-state index in [1.165, 1.54) is 0 Å². The molecule has 4 nitrogen and oxygen atoms in total. The first-order chi connectivity index (χ1) is 6.16. The molecular weight excluding hydrogens is 170 g/mol. The highest BCUT2D eigenvalue weighted by Crippen LogP contribution is 2.34. The SMILES string of the molecule is NC1(C2(O)CCCOC2)CCOC1. The highest BCUT2D eigenvalue weighted by Gasteiger charge is 2.50. The summed E-state index contributed by atoms with van der Waals surface area (Å²) >= 11 is 0. The van der Waals surface area contributed by atoms with Crippen LogP contribution in [0.5, 0.6) is 0 Å². The Morgan fingerprint density at radius 1 is 1.08 bits per heavy atom. The molecule has 0 saturated carbocycles. The molecule has 0 amide bonds. The minimum absolute atomic E-state index is 0.354. The summed E-state index contributed by atoms with van der Waals surface area (Å²) in [5.41, 5.74) is 4.65. The third-order valence-electron chi connectivity index (χ3n) is 3.20. The van der Waals surface area contributed by atoms with E-state index in [0.717, 1.165) is 25.9 Å². The van der Waals surface area contributed by atoms with Crippen molar-refractivity contribution < 1.29 is 14.6 Å². The zero-order chi connectivity index (χ0) is 9.36. The van der Waals surface area contributed by atoms with Crippen LogP contribution >= 0.6 is 0 Å². The van der Waals surface area contributed by atoms with E-state index >= 15 is 0 Å². The van der Waals surface area contributed by atoms with Crippen molar-refractivity contribution in [2.45, 2.75) is 30.4 Å². The van der Waals surface area contributed by atoms with Gasteiger partial charge in [0.05, 0.1) is 18.8 Å². The normalized spacial score (nSPS) is 46.6. The minimum Gasteiger partial charge on any atom is -0.385 e. The summed E-state index contributed by atoms with van der Waals surface area (Å²) in [5.74, 6) is 0. The smallest absolute Gasteiger partial charge is 0.108 e. The zero-order valence-electron chi connectivity index (χ0n) is 7.79. The van der Waals surface area contributed by atoms with Gasteiger partial charge in [0.15, 0.2) is 0 Å². The van der Waals surface area contributed by atoms with Crippen LogP contribution in [0.1, 0.15) is 19.3 Å². The van der Waals surface area contributed by atoms with Crippen molar-refractivity contribution in [3.63, 3.8) is 0 Å². The van der Waals surface area contributed by atoms with Gasteiger partial charge in [-0.1, -0.05) is 0 Å². The average molecular weight is 187 g/mol. The third kappa shape index (κ3) is 1.48. The van der Waals surface area contributed by atoms with Gasteiger partial charge in [0.25, 0.3) is 0 Å². The molecule has 2 rings (SSSR count). The molecule has 13 heavy (non-hydrogen) atoms. The summed E-state index contributed by atoms with van der Waals surface area (Å²) < 4.78 is 10.5. The van der Waals surface area contributed by atoms with Crippen LogP contribution in [0.25, 0.3) is 0 Å². The van der Waals surface area contributed by atoms with Gasteiger partial charge in [-0.3, -0.25) is 0 Å². The molecule has 4 heteroatoms. The molecule has 2 saturated heterocycles. The summed E-state index contributed by atoms with van der Waals surface area (Å²) in [6.07, 6.45) is 2.34. The van der Waals surface area contributed by atoms with Crippen molar-refractivity contribution in [1.29, 1.82) is 0 Å². The van der Waals surface area contributed by atoms with Gasteiger partial charge in [-0.2, -0.15) is 0 Å². The Balaban J connectivity index is 2.11. The number of rotatable bonds is 1. The summed E-state index contributed by atoms with van der Waals surface area (Å²) in [7, 11) is 0.